The number of nitrogens with zero attached hydrogens (tertiary/aromatic N) is 4. The number of fused-ring (bicyclic) bond motifs is 1. The van der Waals surface area contributed by atoms with E-state index in [0.717, 1.165) is 49.5 Å². The summed E-state index contributed by atoms with van der Waals surface area (Å²) in [5, 5.41) is 2.87. The normalized spacial score (nSPS) is 15.9. The first kappa shape index (κ1) is 27.4. The third-order valence-corrected chi connectivity index (χ3v) is 6.49. The summed E-state index contributed by atoms with van der Waals surface area (Å²) < 4.78 is 16.8. The molecule has 204 valence electrons. The smallest absolute Gasteiger partial charge is 0.323 e. The maximum Gasteiger partial charge on any atom is 0.323 e. The monoisotopic (exact) mass is 523 g/mol. The molecule has 3 heterocycles. The zero-order valence-electron chi connectivity index (χ0n) is 22.6. The fourth-order valence-electron chi connectivity index (χ4n) is 4.42. The Balaban J connectivity index is 1.38. The van der Waals surface area contributed by atoms with Gasteiger partial charge in [0, 0.05) is 63.2 Å². The summed E-state index contributed by atoms with van der Waals surface area (Å²) in [4.78, 5) is 35.5. The summed E-state index contributed by atoms with van der Waals surface area (Å²) in [7, 11) is 3.35. The molecule has 4 rings (SSSR count). The number of rotatable bonds is 10. The standard InChI is InChI=1S/C28H37N5O5/c1-20(2)38-26-22(6-5-7-24(26)36-4)18-31(3)25(34)9-8-21-16-23-19-33(28(35)30-27(23)29-17-21)11-10-32-12-14-37-15-13-32/h5-9,16-17,20H,10-15,18-19H2,1-4H3,(H,29,30,35)/b9-8+. The zero-order valence-corrected chi connectivity index (χ0v) is 22.6. The number of carbonyl (C=O) groups excluding carboxylic acids is 2. The summed E-state index contributed by atoms with van der Waals surface area (Å²) in [5.41, 5.74) is 2.58. The Morgan fingerprint density at radius 1 is 1.26 bits per heavy atom. The van der Waals surface area contributed by atoms with Crippen LogP contribution in [0.15, 0.2) is 36.5 Å². The summed E-state index contributed by atoms with van der Waals surface area (Å²) >= 11 is 0. The highest BCUT2D eigenvalue weighted by molar-refractivity contribution is 5.93. The molecule has 1 saturated heterocycles. The van der Waals surface area contributed by atoms with Crippen molar-refractivity contribution in [3.8, 4) is 11.5 Å². The minimum Gasteiger partial charge on any atom is -0.493 e. The van der Waals surface area contributed by atoms with E-state index in [2.05, 4.69) is 15.2 Å². The van der Waals surface area contributed by atoms with Gasteiger partial charge in [0.05, 0.1) is 33.0 Å². The van der Waals surface area contributed by atoms with Crippen LogP contribution in [0.5, 0.6) is 11.5 Å². The van der Waals surface area contributed by atoms with E-state index in [1.165, 1.54) is 6.08 Å². The minimum absolute atomic E-state index is 0.0254. The summed E-state index contributed by atoms with van der Waals surface area (Å²) in [6.07, 6.45) is 4.91. The Morgan fingerprint density at radius 2 is 2.05 bits per heavy atom. The van der Waals surface area contributed by atoms with Crippen LogP contribution in [-0.4, -0.2) is 91.3 Å². The van der Waals surface area contributed by atoms with Gasteiger partial charge in [0.15, 0.2) is 11.5 Å². The lowest BCUT2D eigenvalue weighted by Crippen LogP contribution is -2.45. The third-order valence-electron chi connectivity index (χ3n) is 6.49. The number of carbonyl (C=O) groups is 2. The van der Waals surface area contributed by atoms with Gasteiger partial charge in [0.1, 0.15) is 5.82 Å². The van der Waals surface area contributed by atoms with E-state index in [9.17, 15) is 9.59 Å². The highest BCUT2D eigenvalue weighted by atomic mass is 16.5. The summed E-state index contributed by atoms with van der Waals surface area (Å²) in [5.74, 6) is 1.70. The van der Waals surface area contributed by atoms with Crippen molar-refractivity contribution in [2.45, 2.75) is 33.0 Å². The lowest BCUT2D eigenvalue weighted by atomic mass is 10.1. The van der Waals surface area contributed by atoms with Gasteiger partial charge >= 0.3 is 6.03 Å². The number of para-hydroxylation sites is 1. The van der Waals surface area contributed by atoms with Gasteiger partial charge < -0.3 is 24.0 Å². The number of urea groups is 1. The molecule has 0 saturated carbocycles. The molecule has 10 nitrogen and oxygen atoms in total. The molecular weight excluding hydrogens is 486 g/mol. The van der Waals surface area contributed by atoms with Crippen molar-refractivity contribution in [1.29, 1.82) is 0 Å². The molecule has 0 aliphatic carbocycles. The van der Waals surface area contributed by atoms with Gasteiger partial charge in [-0.15, -0.1) is 0 Å². The average Bonchev–Trinajstić information content (AvgIpc) is 2.91. The number of anilines is 1. The molecular formula is C28H37N5O5. The largest absolute Gasteiger partial charge is 0.493 e. The Labute approximate surface area is 224 Å². The molecule has 3 amide bonds. The number of likely N-dealkylation sites (N-methyl/N-ethyl adjacent to an activating group) is 1. The second-order valence-electron chi connectivity index (χ2n) is 9.72. The number of ether oxygens (including phenoxy) is 3. The average molecular weight is 524 g/mol. The molecule has 1 aromatic carbocycles. The SMILES string of the molecule is COc1cccc(CN(C)C(=O)/C=C/c2cnc3c(c2)CN(CCN2CCOCC2)C(=O)N3)c1OC(C)C. The van der Waals surface area contributed by atoms with Crippen LogP contribution in [0.2, 0.25) is 0 Å². The minimum atomic E-state index is -0.151. The molecule has 2 aliphatic rings. The van der Waals surface area contributed by atoms with Gasteiger partial charge in [-0.2, -0.15) is 0 Å². The van der Waals surface area contributed by atoms with Gasteiger partial charge in [-0.05, 0) is 37.6 Å². The number of hydrogen-bond donors (Lipinski definition) is 1. The second-order valence-corrected chi connectivity index (χ2v) is 9.72. The molecule has 1 N–H and O–H groups in total. The number of nitrogens with one attached hydrogen (secondary N) is 1. The van der Waals surface area contributed by atoms with E-state index in [-0.39, 0.29) is 18.0 Å². The number of morpholine rings is 1. The predicted octanol–water partition coefficient (Wildman–Crippen LogP) is 3.23. The number of methoxy groups -OCH3 is 1. The molecule has 0 spiro atoms. The number of benzene rings is 1. The Bertz CT molecular complexity index is 1160. The first-order valence-electron chi connectivity index (χ1n) is 12.9. The quantitative estimate of drug-likeness (QED) is 0.478. The maximum atomic E-state index is 12.9. The molecule has 0 unspecified atom stereocenters. The predicted molar refractivity (Wildman–Crippen MR) is 145 cm³/mol. The van der Waals surface area contributed by atoms with Gasteiger partial charge in [0.25, 0.3) is 0 Å². The molecule has 2 aliphatic heterocycles. The zero-order chi connectivity index (χ0) is 27.1. The van der Waals surface area contributed by atoms with Gasteiger partial charge in [-0.3, -0.25) is 15.0 Å². The van der Waals surface area contributed by atoms with E-state index in [4.69, 9.17) is 14.2 Å². The van der Waals surface area contributed by atoms with Gasteiger partial charge in [-0.25, -0.2) is 9.78 Å². The Hall–Kier alpha value is -3.63. The molecule has 1 aromatic heterocycles. The van der Waals surface area contributed by atoms with E-state index in [1.807, 2.05) is 38.1 Å². The van der Waals surface area contributed by atoms with E-state index in [0.29, 0.717) is 37.0 Å². The number of aromatic nitrogens is 1. The van der Waals surface area contributed by atoms with E-state index in [1.54, 1.807) is 36.2 Å². The Kier molecular flexibility index (Phi) is 9.19. The first-order chi connectivity index (χ1) is 18.3. The molecule has 38 heavy (non-hydrogen) atoms. The van der Waals surface area contributed by atoms with E-state index >= 15 is 0 Å². The van der Waals surface area contributed by atoms with E-state index < -0.39 is 0 Å². The number of amides is 3. The molecule has 0 bridgehead atoms. The number of hydrogen-bond acceptors (Lipinski definition) is 7. The van der Waals surface area contributed by atoms with Gasteiger partial charge in [0.2, 0.25) is 5.91 Å². The van der Waals surface area contributed by atoms with Crippen molar-refractivity contribution in [3.63, 3.8) is 0 Å². The van der Waals surface area contributed by atoms with Crippen LogP contribution in [0, 0.1) is 0 Å². The van der Waals surface area contributed by atoms with Crippen LogP contribution in [-0.2, 0) is 22.6 Å². The van der Waals surface area contributed by atoms with Crippen molar-refractivity contribution in [2.75, 3.05) is 58.9 Å². The fourth-order valence-corrected chi connectivity index (χ4v) is 4.42. The maximum absolute atomic E-state index is 12.9. The van der Waals surface area contributed by atoms with Crippen LogP contribution in [0.4, 0.5) is 10.6 Å². The molecule has 2 aromatic rings. The molecule has 1 fully saturated rings. The molecule has 0 atom stereocenters. The van der Waals surface area contributed by atoms with Crippen LogP contribution >= 0.6 is 0 Å². The third kappa shape index (κ3) is 7.02. The topological polar surface area (TPSA) is 96.5 Å². The fraction of sp³-hybridized carbons (Fsp3) is 0.464. The summed E-state index contributed by atoms with van der Waals surface area (Å²) in [6, 6.07) is 7.48. The van der Waals surface area contributed by atoms with Crippen LogP contribution in [0.3, 0.4) is 0 Å². The molecule has 10 heteroatoms. The van der Waals surface area contributed by atoms with Crippen LogP contribution < -0.4 is 14.8 Å². The van der Waals surface area contributed by atoms with Crippen molar-refractivity contribution < 1.29 is 23.8 Å². The molecule has 0 radical (unpaired) electrons. The first-order valence-corrected chi connectivity index (χ1v) is 12.9. The lowest BCUT2D eigenvalue weighted by Gasteiger charge is -2.32. The van der Waals surface area contributed by atoms with Crippen molar-refractivity contribution in [3.05, 3.63) is 53.2 Å². The Morgan fingerprint density at radius 3 is 2.79 bits per heavy atom. The lowest BCUT2D eigenvalue weighted by molar-refractivity contribution is -0.125. The summed E-state index contributed by atoms with van der Waals surface area (Å²) in [6.45, 7) is 9.41. The second kappa shape index (κ2) is 12.7. The van der Waals surface area contributed by atoms with Crippen molar-refractivity contribution >= 4 is 23.8 Å². The van der Waals surface area contributed by atoms with Crippen LogP contribution in [0.25, 0.3) is 6.08 Å². The highest BCUT2D eigenvalue weighted by Gasteiger charge is 2.24. The number of pyridine rings is 1. The van der Waals surface area contributed by atoms with Gasteiger partial charge in [-0.1, -0.05) is 12.1 Å². The van der Waals surface area contributed by atoms with Crippen molar-refractivity contribution in [1.82, 2.24) is 19.7 Å². The van der Waals surface area contributed by atoms with Crippen LogP contribution in [0.1, 0.15) is 30.5 Å². The highest BCUT2D eigenvalue weighted by Crippen LogP contribution is 2.32. The van der Waals surface area contributed by atoms with Crippen molar-refractivity contribution in [2.24, 2.45) is 0 Å².